The first-order chi connectivity index (χ1) is 20.6. The molecule has 1 heterocycles. The van der Waals surface area contributed by atoms with Gasteiger partial charge in [-0.15, -0.1) is 0 Å². The number of anilines is 4. The van der Waals surface area contributed by atoms with Crippen LogP contribution in [0.2, 0.25) is 0 Å². The quantitative estimate of drug-likeness (QED) is 0.336. The number of hydrogen-bond donors (Lipinski definition) is 1. The molecule has 1 aliphatic heterocycles. The van der Waals surface area contributed by atoms with E-state index in [1.54, 1.807) is 54.6 Å². The Labute approximate surface area is 257 Å². The Bertz CT molecular complexity index is 1590. The molecule has 3 aromatic carbocycles. The van der Waals surface area contributed by atoms with E-state index in [4.69, 9.17) is 0 Å². The summed E-state index contributed by atoms with van der Waals surface area (Å²) in [5, 5.41) is 3.47. The van der Waals surface area contributed by atoms with Gasteiger partial charge in [-0.1, -0.05) is 55.7 Å². The van der Waals surface area contributed by atoms with Gasteiger partial charge >= 0.3 is 0 Å². The van der Waals surface area contributed by atoms with Crippen LogP contribution in [0, 0.1) is 5.92 Å². The van der Waals surface area contributed by atoms with Crippen molar-refractivity contribution in [3.63, 3.8) is 0 Å². The Balaban J connectivity index is 1.67. The minimum absolute atomic E-state index is 0.0216. The van der Waals surface area contributed by atoms with Crippen molar-refractivity contribution < 1.29 is 16.8 Å². The van der Waals surface area contributed by atoms with Gasteiger partial charge in [-0.05, 0) is 62.2 Å². The van der Waals surface area contributed by atoms with Crippen LogP contribution in [0.5, 0.6) is 0 Å². The smallest absolute Gasteiger partial charge is 0.266 e. The fraction of sp³-hybridized carbons (Fsp3) is 0.438. The van der Waals surface area contributed by atoms with Crippen molar-refractivity contribution in [1.29, 1.82) is 0 Å². The molecule has 43 heavy (non-hydrogen) atoms. The molecule has 0 atom stereocenters. The Kier molecular flexibility index (Phi) is 9.53. The minimum Gasteiger partial charge on any atom is -0.384 e. The van der Waals surface area contributed by atoms with E-state index in [-0.39, 0.29) is 9.79 Å². The van der Waals surface area contributed by atoms with Crippen LogP contribution in [0.4, 0.5) is 22.7 Å². The summed E-state index contributed by atoms with van der Waals surface area (Å²) in [4.78, 5) is 4.20. The summed E-state index contributed by atoms with van der Waals surface area (Å²) in [5.74, 6) is 0.441. The van der Waals surface area contributed by atoms with Crippen molar-refractivity contribution in [1.82, 2.24) is 4.90 Å². The highest BCUT2D eigenvalue weighted by molar-refractivity contribution is 7.93. The number of rotatable bonds is 10. The van der Waals surface area contributed by atoms with Gasteiger partial charge in [0.15, 0.2) is 0 Å². The van der Waals surface area contributed by atoms with Crippen LogP contribution in [0.15, 0.2) is 82.6 Å². The maximum absolute atomic E-state index is 14.4. The first-order valence-corrected chi connectivity index (χ1v) is 17.9. The molecule has 0 aromatic heterocycles. The van der Waals surface area contributed by atoms with Crippen LogP contribution in [0.3, 0.4) is 0 Å². The first kappa shape index (κ1) is 31.2. The summed E-state index contributed by atoms with van der Waals surface area (Å²) < 4.78 is 59.8. The zero-order valence-electron chi connectivity index (χ0n) is 25.3. The Hall–Kier alpha value is -3.28. The van der Waals surface area contributed by atoms with Gasteiger partial charge in [0, 0.05) is 46.8 Å². The highest BCUT2D eigenvalue weighted by Crippen LogP contribution is 2.39. The molecule has 0 radical (unpaired) electrons. The van der Waals surface area contributed by atoms with Crippen LogP contribution in [0.1, 0.15) is 32.1 Å². The van der Waals surface area contributed by atoms with Gasteiger partial charge in [0.25, 0.3) is 20.0 Å². The van der Waals surface area contributed by atoms with Gasteiger partial charge in [-0.2, -0.15) is 0 Å². The van der Waals surface area contributed by atoms with Gasteiger partial charge in [-0.3, -0.25) is 8.61 Å². The van der Waals surface area contributed by atoms with E-state index in [0.717, 1.165) is 25.9 Å². The van der Waals surface area contributed by atoms with Crippen molar-refractivity contribution in [3.05, 3.63) is 72.8 Å². The Morgan fingerprint density at radius 2 is 1.23 bits per heavy atom. The van der Waals surface area contributed by atoms with Gasteiger partial charge in [0.1, 0.15) is 9.79 Å². The largest absolute Gasteiger partial charge is 0.384 e. The Morgan fingerprint density at radius 1 is 0.721 bits per heavy atom. The van der Waals surface area contributed by atoms with Gasteiger partial charge < -0.3 is 15.1 Å². The van der Waals surface area contributed by atoms with Gasteiger partial charge in [0.05, 0.1) is 22.7 Å². The van der Waals surface area contributed by atoms with Crippen LogP contribution in [-0.2, 0) is 20.0 Å². The molecule has 232 valence electrons. The molecule has 2 fully saturated rings. The van der Waals surface area contributed by atoms with E-state index in [1.165, 1.54) is 48.0 Å². The molecule has 1 saturated carbocycles. The SMILES string of the molecule is CN1CCN(c2cc(NCC3CCCCC3)c(S(=O)(=O)N(C)c3ccccc3)cc2S(=O)(=O)N(C)c2ccccc2)CC1. The molecule has 5 rings (SSSR count). The third-order valence-corrected chi connectivity index (χ3v) is 12.4. The second-order valence-corrected chi connectivity index (χ2v) is 15.5. The highest BCUT2D eigenvalue weighted by Gasteiger charge is 2.34. The molecule has 0 bridgehead atoms. The molecule has 3 aromatic rings. The van der Waals surface area contributed by atoms with Crippen LogP contribution < -0.4 is 18.8 Å². The van der Waals surface area contributed by atoms with E-state index in [1.807, 2.05) is 19.2 Å². The predicted molar refractivity (Wildman–Crippen MR) is 175 cm³/mol. The average Bonchev–Trinajstić information content (AvgIpc) is 3.04. The molecule has 1 aliphatic carbocycles. The zero-order chi connectivity index (χ0) is 30.6. The van der Waals surface area contributed by atoms with Gasteiger partial charge in [0.2, 0.25) is 0 Å². The van der Waals surface area contributed by atoms with Crippen molar-refractivity contribution in [2.24, 2.45) is 5.92 Å². The molecular weight excluding hydrogens is 583 g/mol. The highest BCUT2D eigenvalue weighted by atomic mass is 32.2. The molecular formula is C32H43N5O4S2. The summed E-state index contributed by atoms with van der Waals surface area (Å²) in [6.07, 6.45) is 5.76. The normalized spacial score (nSPS) is 17.0. The number of hydrogen-bond acceptors (Lipinski definition) is 7. The lowest BCUT2D eigenvalue weighted by Gasteiger charge is -2.36. The molecule has 1 N–H and O–H groups in total. The summed E-state index contributed by atoms with van der Waals surface area (Å²) in [6.45, 7) is 3.44. The molecule has 0 unspecified atom stereocenters. The van der Waals surface area contributed by atoms with Crippen LogP contribution in [0.25, 0.3) is 0 Å². The van der Waals surface area contributed by atoms with Gasteiger partial charge in [-0.25, -0.2) is 16.8 Å². The van der Waals surface area contributed by atoms with E-state index in [0.29, 0.717) is 48.3 Å². The standard InChI is InChI=1S/C32H43N5O4S2/c1-34-19-21-37(22-20-34)30-23-29(33-25-26-13-7-4-8-14-26)31(42(38,39)35(2)27-15-9-5-10-16-27)24-32(30)43(40,41)36(3)28-17-11-6-12-18-28/h5-6,9-12,15-18,23-24,26,33H,4,7-8,13-14,19-22,25H2,1-3H3. The monoisotopic (exact) mass is 625 g/mol. The molecule has 1 saturated heterocycles. The van der Waals surface area contributed by atoms with Crippen molar-refractivity contribution >= 4 is 42.8 Å². The third kappa shape index (κ3) is 6.78. The summed E-state index contributed by atoms with van der Waals surface area (Å²) in [5.41, 5.74) is 1.94. The van der Waals surface area contributed by atoms with Crippen LogP contribution in [-0.4, -0.2) is 75.6 Å². The lowest BCUT2D eigenvalue weighted by molar-refractivity contribution is 0.312. The topological polar surface area (TPSA) is 93.3 Å². The third-order valence-electron chi connectivity index (χ3n) is 8.73. The lowest BCUT2D eigenvalue weighted by atomic mass is 9.89. The lowest BCUT2D eigenvalue weighted by Crippen LogP contribution is -2.45. The van der Waals surface area contributed by atoms with Crippen molar-refractivity contribution in [3.8, 4) is 0 Å². The molecule has 0 spiro atoms. The zero-order valence-corrected chi connectivity index (χ0v) is 26.9. The van der Waals surface area contributed by atoms with E-state index in [2.05, 4.69) is 15.1 Å². The number of sulfonamides is 2. The number of benzene rings is 3. The molecule has 11 heteroatoms. The summed E-state index contributed by atoms with van der Waals surface area (Å²) in [7, 11) is -3.22. The second kappa shape index (κ2) is 13.2. The summed E-state index contributed by atoms with van der Waals surface area (Å²) >= 11 is 0. The number of likely N-dealkylation sites (N-methyl/N-ethyl adjacent to an activating group) is 1. The average molecular weight is 626 g/mol. The second-order valence-electron chi connectivity index (χ2n) is 11.6. The van der Waals surface area contributed by atoms with E-state index < -0.39 is 20.0 Å². The predicted octanol–water partition coefficient (Wildman–Crippen LogP) is 5.08. The number of nitrogens with one attached hydrogen (secondary N) is 1. The maximum Gasteiger partial charge on any atom is 0.266 e. The summed E-state index contributed by atoms with van der Waals surface area (Å²) in [6, 6.07) is 20.8. The Morgan fingerprint density at radius 3 is 1.77 bits per heavy atom. The van der Waals surface area contributed by atoms with Crippen molar-refractivity contribution in [2.45, 2.75) is 41.9 Å². The fourth-order valence-corrected chi connectivity index (χ4v) is 8.75. The number of nitrogens with zero attached hydrogens (tertiary/aromatic N) is 4. The number of piperazine rings is 1. The number of para-hydroxylation sites is 2. The fourth-order valence-electron chi connectivity index (χ4n) is 5.90. The molecule has 9 nitrogen and oxygen atoms in total. The van der Waals surface area contributed by atoms with E-state index in [9.17, 15) is 16.8 Å². The molecule has 0 amide bonds. The maximum atomic E-state index is 14.4. The van der Waals surface area contributed by atoms with Crippen molar-refractivity contribution in [2.75, 3.05) is 72.7 Å². The molecule has 2 aliphatic rings. The first-order valence-electron chi connectivity index (χ1n) is 15.0. The van der Waals surface area contributed by atoms with E-state index >= 15 is 0 Å². The van der Waals surface area contributed by atoms with Crippen LogP contribution >= 0.6 is 0 Å². The minimum atomic E-state index is -4.14.